The Morgan fingerprint density at radius 2 is 1.60 bits per heavy atom. The smallest absolute Gasteiger partial charge is 0.400 e. The molecule has 1 aliphatic heterocycles. The topological polar surface area (TPSA) is 18.5 Å². The molecule has 1 saturated carbocycles. The van der Waals surface area contributed by atoms with Crippen molar-refractivity contribution in [1.29, 1.82) is 0 Å². The first kappa shape index (κ1) is 17.4. The first-order valence-corrected chi connectivity index (χ1v) is 9.97. The molecule has 134 valence electrons. The Balaban J connectivity index is 1.75. The monoisotopic (exact) mass is 338 g/mol. The van der Waals surface area contributed by atoms with Gasteiger partial charge in [-0.15, -0.1) is 0 Å². The fourth-order valence-electron chi connectivity index (χ4n) is 4.67. The Morgan fingerprint density at radius 1 is 0.960 bits per heavy atom. The van der Waals surface area contributed by atoms with Gasteiger partial charge in [-0.2, -0.15) is 0 Å². The molecule has 4 rings (SSSR count). The lowest BCUT2D eigenvalue weighted by atomic mass is 9.70. The van der Waals surface area contributed by atoms with E-state index in [1.54, 1.807) is 5.57 Å². The molecule has 0 unspecified atom stereocenters. The van der Waals surface area contributed by atoms with E-state index in [4.69, 9.17) is 9.31 Å². The van der Waals surface area contributed by atoms with E-state index >= 15 is 0 Å². The fourth-order valence-corrected chi connectivity index (χ4v) is 4.67. The third kappa shape index (κ3) is 2.90. The van der Waals surface area contributed by atoms with E-state index in [1.807, 2.05) is 0 Å². The number of hydrogen-bond donors (Lipinski definition) is 0. The second kappa shape index (κ2) is 5.99. The largest absolute Gasteiger partial charge is 0.491 e. The van der Waals surface area contributed by atoms with Crippen LogP contribution in [0.25, 0.3) is 5.57 Å². The van der Waals surface area contributed by atoms with Gasteiger partial charge in [0.05, 0.1) is 11.2 Å². The fraction of sp³-hybridized carbons (Fsp3) is 0.636. The molecule has 0 amide bonds. The van der Waals surface area contributed by atoms with E-state index in [1.165, 1.54) is 54.3 Å². The molecular weight excluding hydrogens is 307 g/mol. The summed E-state index contributed by atoms with van der Waals surface area (Å²) < 4.78 is 12.9. The minimum absolute atomic E-state index is 0.199. The zero-order valence-corrected chi connectivity index (χ0v) is 16.4. The van der Waals surface area contributed by atoms with E-state index in [2.05, 4.69) is 52.8 Å². The Labute approximate surface area is 153 Å². The van der Waals surface area contributed by atoms with Crippen molar-refractivity contribution in [3.8, 4) is 0 Å². The van der Waals surface area contributed by atoms with Crippen molar-refractivity contribution in [3.05, 3.63) is 40.4 Å². The summed E-state index contributed by atoms with van der Waals surface area (Å²) in [5.41, 5.74) is 6.67. The first-order valence-electron chi connectivity index (χ1n) is 9.97. The van der Waals surface area contributed by atoms with Crippen LogP contribution in [0.4, 0.5) is 0 Å². The molecule has 2 aliphatic carbocycles. The van der Waals surface area contributed by atoms with Gasteiger partial charge < -0.3 is 9.31 Å². The average molecular weight is 338 g/mol. The molecule has 1 aromatic rings. The van der Waals surface area contributed by atoms with Crippen molar-refractivity contribution in [2.45, 2.75) is 84.3 Å². The minimum Gasteiger partial charge on any atom is -0.400 e. The van der Waals surface area contributed by atoms with Crippen molar-refractivity contribution >= 4 is 12.7 Å². The highest BCUT2D eigenvalue weighted by Gasteiger charge is 2.53. The van der Waals surface area contributed by atoms with Crippen LogP contribution in [0.1, 0.15) is 76.5 Å². The Bertz CT molecular complexity index is 695. The maximum Gasteiger partial charge on any atom is 0.491 e. The molecule has 0 radical (unpaired) electrons. The molecule has 25 heavy (non-hydrogen) atoms. The zero-order valence-electron chi connectivity index (χ0n) is 16.4. The lowest BCUT2D eigenvalue weighted by molar-refractivity contribution is 0.00578. The van der Waals surface area contributed by atoms with E-state index in [9.17, 15) is 0 Å². The van der Waals surface area contributed by atoms with Crippen LogP contribution in [0.3, 0.4) is 0 Å². The van der Waals surface area contributed by atoms with Crippen LogP contribution in [-0.2, 0) is 15.7 Å². The van der Waals surface area contributed by atoms with E-state index in [0.29, 0.717) is 5.92 Å². The summed E-state index contributed by atoms with van der Waals surface area (Å²) in [4.78, 5) is 0. The lowest BCUT2D eigenvalue weighted by Gasteiger charge is -2.32. The molecule has 0 N–H and O–H groups in total. The molecule has 2 fully saturated rings. The number of rotatable bonds is 2. The second-order valence-corrected chi connectivity index (χ2v) is 9.20. The third-order valence-electron chi connectivity index (χ3n) is 6.83. The van der Waals surface area contributed by atoms with Crippen LogP contribution in [0.5, 0.6) is 0 Å². The van der Waals surface area contributed by atoms with Gasteiger partial charge in [0.25, 0.3) is 0 Å². The van der Waals surface area contributed by atoms with Crippen LogP contribution >= 0.6 is 0 Å². The highest BCUT2D eigenvalue weighted by atomic mass is 16.7. The van der Waals surface area contributed by atoms with Gasteiger partial charge in [0.15, 0.2) is 0 Å². The molecule has 0 atom stereocenters. The molecule has 0 aromatic heterocycles. The van der Waals surface area contributed by atoms with E-state index in [0.717, 1.165) is 6.42 Å². The summed E-state index contributed by atoms with van der Waals surface area (Å²) in [5.74, 6) is 0.673. The summed E-state index contributed by atoms with van der Waals surface area (Å²) in [5, 5.41) is 0. The van der Waals surface area contributed by atoms with Crippen LogP contribution < -0.4 is 0 Å². The van der Waals surface area contributed by atoms with Crippen molar-refractivity contribution < 1.29 is 9.31 Å². The normalized spacial score (nSPS) is 25.6. The van der Waals surface area contributed by atoms with Gasteiger partial charge in [-0.3, -0.25) is 0 Å². The highest BCUT2D eigenvalue weighted by molar-refractivity contribution is 6.56. The van der Waals surface area contributed by atoms with Crippen LogP contribution in [0.15, 0.2) is 23.7 Å². The summed E-state index contributed by atoms with van der Waals surface area (Å²) in [7, 11) is -0.199. The van der Waals surface area contributed by atoms with Gasteiger partial charge in [0.1, 0.15) is 0 Å². The molecular formula is C22H31BO2. The number of fused-ring (bicyclic) bond motifs is 1. The number of benzene rings is 1. The Morgan fingerprint density at radius 3 is 2.24 bits per heavy atom. The second-order valence-electron chi connectivity index (χ2n) is 9.20. The molecule has 2 nitrogen and oxygen atoms in total. The van der Waals surface area contributed by atoms with Gasteiger partial charge in [-0.1, -0.05) is 43.0 Å². The lowest BCUT2D eigenvalue weighted by Crippen LogP contribution is -2.41. The summed E-state index contributed by atoms with van der Waals surface area (Å²) in [6, 6.07) is 6.96. The van der Waals surface area contributed by atoms with Crippen LogP contribution in [0, 0.1) is 12.8 Å². The summed E-state index contributed by atoms with van der Waals surface area (Å²) in [6.45, 7) is 10.8. The van der Waals surface area contributed by atoms with Crippen LogP contribution in [-0.4, -0.2) is 18.3 Å². The van der Waals surface area contributed by atoms with E-state index < -0.39 is 0 Å². The predicted molar refractivity (Wildman–Crippen MR) is 104 cm³/mol. The zero-order chi connectivity index (χ0) is 17.8. The maximum absolute atomic E-state index is 6.45. The number of aryl methyl sites for hydroxylation is 1. The predicted octanol–water partition coefficient (Wildman–Crippen LogP) is 5.52. The molecule has 1 saturated heterocycles. The first-order chi connectivity index (χ1) is 11.8. The van der Waals surface area contributed by atoms with Crippen molar-refractivity contribution in [2.24, 2.45) is 5.92 Å². The molecule has 3 aliphatic rings. The SMILES string of the molecule is Cc1ccc2c(c1)CC(B1OC(C)(C)C(C)(C)O1)=C2C1CCCCC1. The quantitative estimate of drug-likeness (QED) is 0.661. The molecule has 1 aromatic carbocycles. The van der Waals surface area contributed by atoms with Crippen molar-refractivity contribution in [1.82, 2.24) is 0 Å². The standard InChI is InChI=1S/C22H31BO2/c1-15-11-12-18-17(13-15)14-19(20(18)16-9-7-6-8-10-16)23-24-21(2,3)22(4,5)25-23/h11-13,16H,6-10,14H2,1-5H3. The number of hydrogen-bond acceptors (Lipinski definition) is 2. The third-order valence-corrected chi connectivity index (χ3v) is 6.83. The van der Waals surface area contributed by atoms with Gasteiger partial charge in [-0.05, 0) is 82.0 Å². The van der Waals surface area contributed by atoms with Crippen molar-refractivity contribution in [3.63, 3.8) is 0 Å². The molecule has 1 heterocycles. The molecule has 3 heteroatoms. The van der Waals surface area contributed by atoms with Gasteiger partial charge >= 0.3 is 7.12 Å². The summed E-state index contributed by atoms with van der Waals surface area (Å²) in [6.07, 6.45) is 7.70. The maximum atomic E-state index is 6.45. The highest BCUT2D eigenvalue weighted by Crippen LogP contribution is 2.48. The molecule has 0 spiro atoms. The van der Waals surface area contributed by atoms with E-state index in [-0.39, 0.29) is 18.3 Å². The Kier molecular flexibility index (Phi) is 4.16. The van der Waals surface area contributed by atoms with Gasteiger partial charge in [0, 0.05) is 0 Å². The van der Waals surface area contributed by atoms with Crippen molar-refractivity contribution in [2.75, 3.05) is 0 Å². The van der Waals surface area contributed by atoms with Gasteiger partial charge in [0.2, 0.25) is 0 Å². The van der Waals surface area contributed by atoms with Crippen LogP contribution in [0.2, 0.25) is 0 Å². The molecule has 0 bridgehead atoms. The summed E-state index contributed by atoms with van der Waals surface area (Å²) >= 11 is 0. The van der Waals surface area contributed by atoms with Gasteiger partial charge in [-0.25, -0.2) is 0 Å². The average Bonchev–Trinajstić information content (AvgIpc) is 3.02. The Hall–Kier alpha value is -1.06. The number of allylic oxidation sites excluding steroid dienone is 2. The minimum atomic E-state index is -0.271.